The monoisotopic (exact) mass is 289 g/mol. The van der Waals surface area contributed by atoms with E-state index in [9.17, 15) is 4.79 Å². The van der Waals surface area contributed by atoms with Crippen LogP contribution in [0.2, 0.25) is 0 Å². The van der Waals surface area contributed by atoms with Gasteiger partial charge < -0.3 is 10.5 Å². The summed E-state index contributed by atoms with van der Waals surface area (Å²) in [5.74, 6) is -0.493. The van der Waals surface area contributed by atoms with Crippen molar-refractivity contribution in [2.24, 2.45) is 5.73 Å². The first kappa shape index (κ1) is 14.4. The molecule has 1 amide bonds. The molecule has 5 nitrogen and oxygen atoms in total. The number of nitrogens with zero attached hydrogens (tertiary/aromatic N) is 2. The molecule has 0 fully saturated rings. The van der Waals surface area contributed by atoms with Gasteiger partial charge in [0.2, 0.25) is 5.91 Å². The first-order valence-corrected chi connectivity index (χ1v) is 6.77. The van der Waals surface area contributed by atoms with Gasteiger partial charge in [-0.3, -0.25) is 9.36 Å². The SMILES string of the molecule is COCn1c(/C=C/C(N)=O)cnc1Sc1ccccc1. The van der Waals surface area contributed by atoms with E-state index in [0.29, 0.717) is 6.73 Å². The van der Waals surface area contributed by atoms with Crippen molar-refractivity contribution in [3.05, 3.63) is 48.3 Å². The zero-order valence-corrected chi connectivity index (χ0v) is 11.8. The number of rotatable bonds is 6. The first-order valence-electron chi connectivity index (χ1n) is 5.95. The summed E-state index contributed by atoms with van der Waals surface area (Å²) in [7, 11) is 1.61. The Kier molecular flexibility index (Phi) is 4.97. The lowest BCUT2D eigenvalue weighted by Gasteiger charge is -2.08. The highest BCUT2D eigenvalue weighted by Crippen LogP contribution is 2.27. The van der Waals surface area contributed by atoms with Gasteiger partial charge in [0.05, 0.1) is 11.9 Å². The van der Waals surface area contributed by atoms with Crippen LogP contribution >= 0.6 is 11.8 Å². The number of carbonyl (C=O) groups is 1. The molecule has 0 aliphatic heterocycles. The summed E-state index contributed by atoms with van der Waals surface area (Å²) in [6, 6.07) is 9.93. The van der Waals surface area contributed by atoms with Gasteiger partial charge in [0.1, 0.15) is 6.73 Å². The third kappa shape index (κ3) is 3.72. The van der Waals surface area contributed by atoms with Crippen LogP contribution in [0.4, 0.5) is 0 Å². The Morgan fingerprint density at radius 2 is 2.20 bits per heavy atom. The summed E-state index contributed by atoms with van der Waals surface area (Å²) in [6.07, 6.45) is 4.62. The van der Waals surface area contributed by atoms with E-state index in [0.717, 1.165) is 15.7 Å². The lowest BCUT2D eigenvalue weighted by molar-refractivity contribution is -0.113. The van der Waals surface area contributed by atoms with E-state index >= 15 is 0 Å². The third-order valence-electron chi connectivity index (χ3n) is 2.48. The van der Waals surface area contributed by atoms with Crippen LogP contribution in [0, 0.1) is 0 Å². The molecule has 104 valence electrons. The van der Waals surface area contributed by atoms with E-state index < -0.39 is 5.91 Å². The van der Waals surface area contributed by atoms with Gasteiger partial charge in [0, 0.05) is 18.1 Å². The zero-order valence-electron chi connectivity index (χ0n) is 11.0. The molecule has 0 saturated heterocycles. The lowest BCUT2D eigenvalue weighted by atomic mass is 10.4. The predicted octanol–water partition coefficient (Wildman–Crippen LogP) is 2.14. The molecule has 2 aromatic rings. The molecule has 0 spiro atoms. The van der Waals surface area contributed by atoms with E-state index in [2.05, 4.69) is 4.98 Å². The van der Waals surface area contributed by atoms with Gasteiger partial charge in [-0.15, -0.1) is 0 Å². The highest BCUT2D eigenvalue weighted by atomic mass is 32.2. The van der Waals surface area contributed by atoms with Crippen LogP contribution in [-0.4, -0.2) is 22.6 Å². The number of methoxy groups -OCH3 is 1. The fraction of sp³-hybridized carbons (Fsp3) is 0.143. The van der Waals surface area contributed by atoms with Crippen molar-refractivity contribution in [1.82, 2.24) is 9.55 Å². The van der Waals surface area contributed by atoms with E-state index in [1.807, 2.05) is 34.9 Å². The van der Waals surface area contributed by atoms with Crippen LogP contribution in [-0.2, 0) is 16.3 Å². The quantitative estimate of drug-likeness (QED) is 0.827. The fourth-order valence-electron chi connectivity index (χ4n) is 1.61. The van der Waals surface area contributed by atoms with Crippen LogP contribution in [0.5, 0.6) is 0 Å². The van der Waals surface area contributed by atoms with E-state index in [1.54, 1.807) is 19.4 Å². The summed E-state index contributed by atoms with van der Waals surface area (Å²) in [5.41, 5.74) is 5.87. The minimum atomic E-state index is -0.493. The second-order valence-electron chi connectivity index (χ2n) is 3.96. The second kappa shape index (κ2) is 6.93. The molecular formula is C14H15N3O2S. The van der Waals surface area contributed by atoms with Crippen molar-refractivity contribution in [3.63, 3.8) is 0 Å². The number of imidazole rings is 1. The summed E-state index contributed by atoms with van der Waals surface area (Å²) in [5, 5.41) is 0.794. The molecule has 6 heteroatoms. The summed E-state index contributed by atoms with van der Waals surface area (Å²) in [6.45, 7) is 0.355. The predicted molar refractivity (Wildman–Crippen MR) is 78.0 cm³/mol. The van der Waals surface area contributed by atoms with Gasteiger partial charge in [-0.25, -0.2) is 4.98 Å². The fourth-order valence-corrected chi connectivity index (χ4v) is 2.48. The molecule has 20 heavy (non-hydrogen) atoms. The first-order chi connectivity index (χ1) is 9.70. The molecule has 0 aliphatic carbocycles. The highest BCUT2D eigenvalue weighted by Gasteiger charge is 2.09. The maximum atomic E-state index is 10.8. The van der Waals surface area contributed by atoms with Crippen molar-refractivity contribution >= 4 is 23.7 Å². The molecule has 0 atom stereocenters. The maximum Gasteiger partial charge on any atom is 0.241 e. The summed E-state index contributed by atoms with van der Waals surface area (Å²) >= 11 is 1.53. The molecular weight excluding hydrogens is 274 g/mol. The van der Waals surface area contributed by atoms with E-state index in [4.69, 9.17) is 10.5 Å². The number of hydrogen-bond donors (Lipinski definition) is 1. The Morgan fingerprint density at radius 3 is 2.85 bits per heavy atom. The second-order valence-corrected chi connectivity index (χ2v) is 5.00. The van der Waals surface area contributed by atoms with Crippen molar-refractivity contribution in [2.75, 3.05) is 7.11 Å². The van der Waals surface area contributed by atoms with Crippen LogP contribution in [0.1, 0.15) is 5.69 Å². The topological polar surface area (TPSA) is 70.1 Å². The average molecular weight is 289 g/mol. The number of primary amides is 1. The minimum absolute atomic E-state index is 0.355. The van der Waals surface area contributed by atoms with Crippen LogP contribution in [0.15, 0.2) is 52.7 Å². The molecule has 0 radical (unpaired) electrons. The third-order valence-corrected chi connectivity index (χ3v) is 3.49. The minimum Gasteiger partial charge on any atom is -0.366 e. The van der Waals surface area contributed by atoms with Crippen LogP contribution < -0.4 is 5.73 Å². The number of aromatic nitrogens is 2. The van der Waals surface area contributed by atoms with Gasteiger partial charge in [-0.05, 0) is 18.2 Å². The average Bonchev–Trinajstić information content (AvgIpc) is 2.81. The Bertz CT molecular complexity index is 608. The van der Waals surface area contributed by atoms with Gasteiger partial charge in [-0.2, -0.15) is 0 Å². The maximum absolute atomic E-state index is 10.8. The smallest absolute Gasteiger partial charge is 0.241 e. The molecule has 0 aliphatic rings. The Labute approximate surface area is 121 Å². The van der Waals surface area contributed by atoms with Crippen molar-refractivity contribution in [2.45, 2.75) is 16.8 Å². The number of ether oxygens (including phenoxy) is 1. The van der Waals surface area contributed by atoms with Crippen molar-refractivity contribution in [3.8, 4) is 0 Å². The molecule has 0 bridgehead atoms. The lowest BCUT2D eigenvalue weighted by Crippen LogP contribution is -2.07. The summed E-state index contributed by atoms with van der Waals surface area (Å²) < 4.78 is 7.04. The molecule has 1 heterocycles. The zero-order chi connectivity index (χ0) is 14.4. The number of amides is 1. The van der Waals surface area contributed by atoms with Gasteiger partial charge >= 0.3 is 0 Å². The van der Waals surface area contributed by atoms with Crippen LogP contribution in [0.25, 0.3) is 6.08 Å². The van der Waals surface area contributed by atoms with Gasteiger partial charge in [-0.1, -0.05) is 30.0 Å². The van der Waals surface area contributed by atoms with Crippen LogP contribution in [0.3, 0.4) is 0 Å². The Balaban J connectivity index is 2.26. The van der Waals surface area contributed by atoms with E-state index in [1.165, 1.54) is 17.8 Å². The summed E-state index contributed by atoms with van der Waals surface area (Å²) in [4.78, 5) is 16.2. The molecule has 0 saturated carbocycles. The number of carbonyl (C=O) groups excluding carboxylic acids is 1. The highest BCUT2D eigenvalue weighted by molar-refractivity contribution is 7.99. The number of nitrogens with two attached hydrogens (primary N) is 1. The normalized spacial score (nSPS) is 11.1. The van der Waals surface area contributed by atoms with Gasteiger partial charge in [0.25, 0.3) is 0 Å². The molecule has 2 N–H and O–H groups in total. The molecule has 0 unspecified atom stereocenters. The molecule has 1 aromatic carbocycles. The van der Waals surface area contributed by atoms with Gasteiger partial charge in [0.15, 0.2) is 5.16 Å². The van der Waals surface area contributed by atoms with Crippen molar-refractivity contribution < 1.29 is 9.53 Å². The van der Waals surface area contributed by atoms with E-state index in [-0.39, 0.29) is 0 Å². The Morgan fingerprint density at radius 1 is 1.45 bits per heavy atom. The van der Waals surface area contributed by atoms with Crippen molar-refractivity contribution in [1.29, 1.82) is 0 Å². The standard InChI is InChI=1S/C14H15N3O2S/c1-19-10-17-11(7-8-13(15)18)9-16-14(17)20-12-5-3-2-4-6-12/h2-9H,10H2,1H3,(H2,15,18)/b8-7+. The largest absolute Gasteiger partial charge is 0.366 e. The number of hydrogen-bond acceptors (Lipinski definition) is 4. The number of benzene rings is 1. The Hall–Kier alpha value is -2.05. The molecule has 2 rings (SSSR count). The molecule has 1 aromatic heterocycles.